The summed E-state index contributed by atoms with van der Waals surface area (Å²) in [4.78, 5) is 11.6. The van der Waals surface area contributed by atoms with Crippen molar-refractivity contribution < 1.29 is 17.9 Å². The fraction of sp³-hybridized carbons (Fsp3) is 0.500. The second-order valence-electron chi connectivity index (χ2n) is 4.91. The van der Waals surface area contributed by atoms with Crippen molar-refractivity contribution in [1.82, 2.24) is 5.32 Å². The Morgan fingerprint density at radius 3 is 2.64 bits per heavy atom. The molecule has 0 amide bonds. The number of hydrogen-bond acceptors (Lipinski definition) is 5. The molecule has 0 saturated carbocycles. The van der Waals surface area contributed by atoms with E-state index in [1.807, 2.05) is 6.92 Å². The number of hydrogen-bond donors (Lipinski definition) is 2. The van der Waals surface area contributed by atoms with E-state index in [1.54, 1.807) is 6.07 Å². The van der Waals surface area contributed by atoms with Crippen LogP contribution in [0.1, 0.15) is 31.7 Å². The molecule has 6 nitrogen and oxygen atoms in total. The van der Waals surface area contributed by atoms with Crippen LogP contribution >= 0.6 is 11.6 Å². The smallest absolute Gasteiger partial charge is 0.322 e. The van der Waals surface area contributed by atoms with E-state index < -0.39 is 16.1 Å². The van der Waals surface area contributed by atoms with Gasteiger partial charge in [-0.3, -0.25) is 4.79 Å². The topological polar surface area (TPSA) is 98.5 Å². The lowest BCUT2D eigenvalue weighted by Gasteiger charge is -2.16. The van der Waals surface area contributed by atoms with Crippen LogP contribution in [0, 0.1) is 0 Å². The highest BCUT2D eigenvalue weighted by molar-refractivity contribution is 7.89. The summed E-state index contributed by atoms with van der Waals surface area (Å²) in [7, 11) is -2.49. The van der Waals surface area contributed by atoms with Gasteiger partial charge in [-0.25, -0.2) is 13.6 Å². The second kappa shape index (κ2) is 8.47. The van der Waals surface area contributed by atoms with Gasteiger partial charge in [-0.2, -0.15) is 0 Å². The van der Waals surface area contributed by atoms with Gasteiger partial charge in [-0.05, 0) is 24.1 Å². The zero-order valence-electron chi connectivity index (χ0n) is 12.6. The Kier molecular flexibility index (Phi) is 7.28. The predicted molar refractivity (Wildman–Crippen MR) is 85.0 cm³/mol. The molecule has 3 N–H and O–H groups in total. The molecule has 124 valence electrons. The molecule has 1 aromatic carbocycles. The monoisotopic (exact) mass is 348 g/mol. The van der Waals surface area contributed by atoms with Gasteiger partial charge in [0.25, 0.3) is 0 Å². The van der Waals surface area contributed by atoms with Crippen LogP contribution < -0.4 is 10.5 Å². The number of esters is 1. The third-order valence-corrected chi connectivity index (χ3v) is 4.58. The number of halogens is 1. The molecule has 1 atom stereocenters. The van der Waals surface area contributed by atoms with Crippen LogP contribution in [-0.2, 0) is 26.1 Å². The van der Waals surface area contributed by atoms with Crippen LogP contribution in [0.3, 0.4) is 0 Å². The first kappa shape index (κ1) is 18.9. The van der Waals surface area contributed by atoms with Gasteiger partial charge in [0.1, 0.15) is 10.9 Å². The van der Waals surface area contributed by atoms with Gasteiger partial charge >= 0.3 is 5.97 Å². The van der Waals surface area contributed by atoms with Crippen molar-refractivity contribution in [2.45, 2.75) is 43.7 Å². The number of primary sulfonamides is 1. The fourth-order valence-corrected chi connectivity index (χ4v) is 3.09. The molecule has 8 heteroatoms. The Bertz CT molecular complexity index is 619. The average molecular weight is 349 g/mol. The number of carbonyl (C=O) groups excluding carboxylic acids is 1. The van der Waals surface area contributed by atoms with Crippen molar-refractivity contribution >= 4 is 27.6 Å². The second-order valence-corrected chi connectivity index (χ2v) is 6.85. The molecule has 0 aliphatic carbocycles. The summed E-state index contributed by atoms with van der Waals surface area (Å²) in [5, 5.41) is 8.21. The summed E-state index contributed by atoms with van der Waals surface area (Å²) in [5.74, 6) is -0.319. The number of ether oxygens (including phenoxy) is 1. The summed E-state index contributed by atoms with van der Waals surface area (Å²) in [6, 6.07) is 4.07. The minimum Gasteiger partial charge on any atom is -0.468 e. The van der Waals surface area contributed by atoms with E-state index in [9.17, 15) is 13.2 Å². The van der Waals surface area contributed by atoms with Gasteiger partial charge in [-0.15, -0.1) is 0 Å². The number of benzene rings is 1. The zero-order chi connectivity index (χ0) is 16.8. The summed E-state index contributed by atoms with van der Waals surface area (Å²) in [6.07, 6.45) is 2.55. The fourth-order valence-electron chi connectivity index (χ4n) is 1.98. The molecule has 0 radical (unpaired) electrons. The Morgan fingerprint density at radius 1 is 1.45 bits per heavy atom. The standard InChI is InChI=1S/C14H21ClN2O4S/c1-3-4-5-12(14(18)21-2)17-9-10-6-7-13(11(15)8-10)22(16,19)20/h6-8,12,17H,3-5,9H2,1-2H3,(H2,16,19,20). The lowest BCUT2D eigenvalue weighted by molar-refractivity contribution is -0.143. The summed E-state index contributed by atoms with van der Waals surface area (Å²) in [6.45, 7) is 2.41. The zero-order valence-corrected chi connectivity index (χ0v) is 14.2. The summed E-state index contributed by atoms with van der Waals surface area (Å²) in [5.41, 5.74) is 0.753. The van der Waals surface area contributed by atoms with Crippen LogP contribution in [0.25, 0.3) is 0 Å². The van der Waals surface area contributed by atoms with Gasteiger partial charge in [0, 0.05) is 6.54 Å². The number of methoxy groups -OCH3 is 1. The number of nitrogens with two attached hydrogens (primary N) is 1. The molecule has 0 aliphatic heterocycles. The van der Waals surface area contributed by atoms with E-state index in [4.69, 9.17) is 21.5 Å². The van der Waals surface area contributed by atoms with Gasteiger partial charge < -0.3 is 10.1 Å². The quantitative estimate of drug-likeness (QED) is 0.698. The molecule has 0 aliphatic rings. The van der Waals surface area contributed by atoms with E-state index in [0.717, 1.165) is 18.4 Å². The van der Waals surface area contributed by atoms with Gasteiger partial charge in [0.15, 0.2) is 0 Å². The number of sulfonamides is 1. The van der Waals surface area contributed by atoms with Crippen molar-refractivity contribution in [1.29, 1.82) is 0 Å². The molecule has 0 aromatic heterocycles. The maximum atomic E-state index is 11.7. The molecule has 0 fully saturated rings. The molecule has 22 heavy (non-hydrogen) atoms. The number of unbranched alkanes of at least 4 members (excludes halogenated alkanes) is 1. The molecule has 1 aromatic rings. The molecular weight excluding hydrogens is 328 g/mol. The third-order valence-electron chi connectivity index (χ3n) is 3.19. The summed E-state index contributed by atoms with van der Waals surface area (Å²) < 4.78 is 27.4. The molecule has 0 spiro atoms. The van der Waals surface area contributed by atoms with E-state index >= 15 is 0 Å². The van der Waals surface area contributed by atoms with Crippen LogP contribution in [0.5, 0.6) is 0 Å². The SMILES string of the molecule is CCCCC(NCc1ccc(S(N)(=O)=O)c(Cl)c1)C(=O)OC. The minimum absolute atomic E-state index is 0.0602. The molecule has 0 bridgehead atoms. The van der Waals surface area contributed by atoms with Gasteiger partial charge in [0.2, 0.25) is 10.0 Å². The predicted octanol–water partition coefficient (Wildman–Crippen LogP) is 1.81. The maximum Gasteiger partial charge on any atom is 0.322 e. The van der Waals surface area contributed by atoms with Crippen LogP contribution in [0.2, 0.25) is 5.02 Å². The largest absolute Gasteiger partial charge is 0.468 e. The lowest BCUT2D eigenvalue weighted by atomic mass is 10.1. The average Bonchev–Trinajstić information content (AvgIpc) is 2.45. The first-order valence-electron chi connectivity index (χ1n) is 6.92. The van der Waals surface area contributed by atoms with Crippen molar-refractivity contribution in [2.75, 3.05) is 7.11 Å². The molecule has 1 unspecified atom stereocenters. The Hall–Kier alpha value is -1.15. The molecular formula is C14H21ClN2O4S. The van der Waals surface area contributed by atoms with Gasteiger partial charge in [-0.1, -0.05) is 37.4 Å². The highest BCUT2D eigenvalue weighted by Gasteiger charge is 2.18. The van der Waals surface area contributed by atoms with Crippen LogP contribution in [0.4, 0.5) is 0 Å². The normalized spacial score (nSPS) is 12.9. The van der Waals surface area contributed by atoms with Crippen molar-refractivity contribution in [3.63, 3.8) is 0 Å². The van der Waals surface area contributed by atoms with Crippen molar-refractivity contribution in [2.24, 2.45) is 5.14 Å². The first-order chi connectivity index (χ1) is 10.3. The molecule has 0 heterocycles. The Morgan fingerprint density at radius 2 is 2.14 bits per heavy atom. The Labute approximate surface area is 136 Å². The van der Waals surface area contributed by atoms with Crippen molar-refractivity contribution in [3.05, 3.63) is 28.8 Å². The van der Waals surface area contributed by atoms with Crippen LogP contribution in [-0.4, -0.2) is 27.5 Å². The molecule has 0 saturated heterocycles. The minimum atomic E-state index is -3.84. The number of carbonyl (C=O) groups is 1. The highest BCUT2D eigenvalue weighted by Crippen LogP contribution is 2.21. The van der Waals surface area contributed by atoms with Gasteiger partial charge in [0.05, 0.1) is 12.1 Å². The summed E-state index contributed by atoms with van der Waals surface area (Å²) >= 11 is 5.92. The van der Waals surface area contributed by atoms with E-state index in [0.29, 0.717) is 13.0 Å². The molecule has 1 rings (SSSR count). The van der Waals surface area contributed by atoms with E-state index in [2.05, 4.69) is 5.32 Å². The maximum absolute atomic E-state index is 11.7. The number of rotatable bonds is 8. The van der Waals surface area contributed by atoms with E-state index in [1.165, 1.54) is 19.2 Å². The highest BCUT2D eigenvalue weighted by atomic mass is 35.5. The van der Waals surface area contributed by atoms with E-state index in [-0.39, 0.29) is 15.9 Å². The number of nitrogens with one attached hydrogen (secondary N) is 1. The lowest BCUT2D eigenvalue weighted by Crippen LogP contribution is -2.37. The first-order valence-corrected chi connectivity index (χ1v) is 8.84. The Balaban J connectivity index is 2.77. The van der Waals surface area contributed by atoms with Crippen molar-refractivity contribution in [3.8, 4) is 0 Å². The third kappa shape index (κ3) is 5.57. The van der Waals surface area contributed by atoms with Crippen LogP contribution in [0.15, 0.2) is 23.1 Å².